The number of benzene rings is 1. The average molecular weight is 377 g/mol. The van der Waals surface area contributed by atoms with Crippen LogP contribution in [0.15, 0.2) is 41.1 Å². The molecule has 1 aromatic carbocycles. The second-order valence-corrected chi connectivity index (χ2v) is 6.91. The molecule has 0 aliphatic heterocycles. The molecule has 0 fully saturated rings. The van der Waals surface area contributed by atoms with Gasteiger partial charge in [0, 0.05) is 27.8 Å². The molecule has 2 aromatic heterocycles. The normalized spacial score (nSPS) is 11.3. The van der Waals surface area contributed by atoms with Gasteiger partial charge in [0.15, 0.2) is 11.0 Å². The van der Waals surface area contributed by atoms with E-state index >= 15 is 0 Å². The first kappa shape index (κ1) is 15.4. The summed E-state index contributed by atoms with van der Waals surface area (Å²) in [5.41, 5.74) is 2.95. The van der Waals surface area contributed by atoms with Gasteiger partial charge in [-0.15, -0.1) is 0 Å². The zero-order chi connectivity index (χ0) is 15.7. The summed E-state index contributed by atoms with van der Waals surface area (Å²) in [6, 6.07) is 8.10. The Bertz CT molecular complexity index is 833. The summed E-state index contributed by atoms with van der Waals surface area (Å²) in [6.07, 6.45) is 4.44. The Kier molecular flexibility index (Phi) is 4.41. The fourth-order valence-corrected chi connectivity index (χ4v) is 3.00. The highest BCUT2D eigenvalue weighted by molar-refractivity contribution is 9.10. The van der Waals surface area contributed by atoms with Crippen molar-refractivity contribution in [2.24, 2.45) is 5.92 Å². The number of aromatic nitrogens is 3. The molecule has 0 bridgehead atoms. The smallest absolute Gasteiger partial charge is 0.160 e. The molecule has 2 heterocycles. The number of nitrogens with zero attached hydrogens (tertiary/aromatic N) is 3. The Balaban J connectivity index is 2.18. The molecule has 0 saturated heterocycles. The van der Waals surface area contributed by atoms with Gasteiger partial charge >= 0.3 is 0 Å². The van der Waals surface area contributed by atoms with E-state index in [1.54, 1.807) is 12.4 Å². The van der Waals surface area contributed by atoms with Crippen molar-refractivity contribution in [1.29, 1.82) is 0 Å². The van der Waals surface area contributed by atoms with E-state index in [-0.39, 0.29) is 0 Å². The minimum absolute atomic E-state index is 0.404. The quantitative estimate of drug-likeness (QED) is 0.582. The van der Waals surface area contributed by atoms with Crippen LogP contribution in [0.2, 0.25) is 5.15 Å². The standard InChI is InChI=1S/C17H15BrClN3/c1-10(2)7-11-3-4-13(18)8-14(11)17-21-9-12-5-6-20-16(19)15(12)22-17/h3-6,8-10H,7H2,1-2H3. The Morgan fingerprint density at radius 1 is 1.18 bits per heavy atom. The first-order valence-electron chi connectivity index (χ1n) is 7.10. The van der Waals surface area contributed by atoms with Crippen molar-refractivity contribution in [2.45, 2.75) is 20.3 Å². The Labute approximate surface area is 142 Å². The molecule has 112 valence electrons. The van der Waals surface area contributed by atoms with E-state index in [2.05, 4.69) is 62.9 Å². The first-order chi connectivity index (χ1) is 10.5. The van der Waals surface area contributed by atoms with E-state index in [1.807, 2.05) is 6.07 Å². The largest absolute Gasteiger partial charge is 0.242 e. The lowest BCUT2D eigenvalue weighted by atomic mass is 9.97. The maximum Gasteiger partial charge on any atom is 0.160 e. The van der Waals surface area contributed by atoms with E-state index in [9.17, 15) is 0 Å². The van der Waals surface area contributed by atoms with Crippen LogP contribution >= 0.6 is 27.5 Å². The molecular weight excluding hydrogens is 362 g/mol. The highest BCUT2D eigenvalue weighted by Gasteiger charge is 2.12. The van der Waals surface area contributed by atoms with Gasteiger partial charge < -0.3 is 0 Å². The zero-order valence-corrected chi connectivity index (χ0v) is 14.7. The lowest BCUT2D eigenvalue weighted by Gasteiger charge is -2.12. The van der Waals surface area contributed by atoms with Crippen LogP contribution in [0.5, 0.6) is 0 Å². The molecule has 5 heteroatoms. The third-order valence-corrected chi connectivity index (χ3v) is 4.17. The van der Waals surface area contributed by atoms with Gasteiger partial charge in [0.25, 0.3) is 0 Å². The maximum absolute atomic E-state index is 6.16. The van der Waals surface area contributed by atoms with Crippen molar-refractivity contribution in [3.8, 4) is 11.4 Å². The lowest BCUT2D eigenvalue weighted by molar-refractivity contribution is 0.648. The number of pyridine rings is 1. The van der Waals surface area contributed by atoms with Crippen LogP contribution in [0.1, 0.15) is 19.4 Å². The molecule has 0 amide bonds. The molecule has 0 atom stereocenters. The monoisotopic (exact) mass is 375 g/mol. The summed E-state index contributed by atoms with van der Waals surface area (Å²) >= 11 is 9.69. The van der Waals surface area contributed by atoms with Crippen molar-refractivity contribution in [1.82, 2.24) is 15.0 Å². The first-order valence-corrected chi connectivity index (χ1v) is 8.27. The van der Waals surface area contributed by atoms with Crippen LogP contribution in [0.25, 0.3) is 22.3 Å². The van der Waals surface area contributed by atoms with Crippen LogP contribution in [0, 0.1) is 5.92 Å². The predicted octanol–water partition coefficient (Wildman–Crippen LogP) is 5.31. The number of rotatable bonds is 3. The summed E-state index contributed by atoms with van der Waals surface area (Å²) in [4.78, 5) is 13.2. The molecule has 3 rings (SSSR count). The van der Waals surface area contributed by atoms with E-state index in [1.165, 1.54) is 5.56 Å². The summed E-state index contributed by atoms with van der Waals surface area (Å²) in [5.74, 6) is 1.24. The van der Waals surface area contributed by atoms with Crippen LogP contribution in [-0.2, 0) is 6.42 Å². The molecular formula is C17H15BrClN3. The third-order valence-electron chi connectivity index (χ3n) is 3.40. The number of hydrogen-bond acceptors (Lipinski definition) is 3. The minimum atomic E-state index is 0.404. The third kappa shape index (κ3) is 3.13. The maximum atomic E-state index is 6.16. The highest BCUT2D eigenvalue weighted by atomic mass is 79.9. The number of hydrogen-bond donors (Lipinski definition) is 0. The van der Waals surface area contributed by atoms with E-state index in [0.717, 1.165) is 21.8 Å². The molecule has 0 radical (unpaired) electrons. The topological polar surface area (TPSA) is 38.7 Å². The SMILES string of the molecule is CC(C)Cc1ccc(Br)cc1-c1ncc2ccnc(Cl)c2n1. The average Bonchev–Trinajstić information content (AvgIpc) is 2.49. The molecule has 0 N–H and O–H groups in total. The summed E-state index contributed by atoms with van der Waals surface area (Å²) in [7, 11) is 0. The van der Waals surface area contributed by atoms with Gasteiger partial charge in [-0.3, -0.25) is 0 Å². The molecule has 3 aromatic rings. The predicted molar refractivity (Wildman–Crippen MR) is 94.0 cm³/mol. The van der Waals surface area contributed by atoms with Gasteiger partial charge in [0.1, 0.15) is 5.52 Å². The Hall–Kier alpha value is -1.52. The molecule has 0 unspecified atom stereocenters. The lowest BCUT2D eigenvalue weighted by Crippen LogP contribution is -2.00. The molecule has 3 nitrogen and oxygen atoms in total. The number of fused-ring (bicyclic) bond motifs is 1. The Morgan fingerprint density at radius 3 is 2.77 bits per heavy atom. The van der Waals surface area contributed by atoms with Crippen LogP contribution in [-0.4, -0.2) is 15.0 Å². The van der Waals surface area contributed by atoms with Crippen molar-refractivity contribution in [2.75, 3.05) is 0 Å². The summed E-state index contributed by atoms with van der Waals surface area (Å²) in [6.45, 7) is 4.40. The van der Waals surface area contributed by atoms with Gasteiger partial charge in [-0.2, -0.15) is 0 Å². The summed E-state index contributed by atoms with van der Waals surface area (Å²) in [5, 5.41) is 1.30. The van der Waals surface area contributed by atoms with Crippen LogP contribution in [0.4, 0.5) is 0 Å². The van der Waals surface area contributed by atoms with Crippen LogP contribution in [0.3, 0.4) is 0 Å². The molecule has 0 aliphatic carbocycles. The zero-order valence-electron chi connectivity index (χ0n) is 12.3. The molecule has 0 spiro atoms. The van der Waals surface area contributed by atoms with Crippen molar-refractivity contribution >= 4 is 38.4 Å². The van der Waals surface area contributed by atoms with Gasteiger partial charge in [0.2, 0.25) is 0 Å². The fourth-order valence-electron chi connectivity index (χ4n) is 2.43. The second-order valence-electron chi connectivity index (χ2n) is 5.63. The van der Waals surface area contributed by atoms with Gasteiger partial charge in [0.05, 0.1) is 0 Å². The summed E-state index contributed by atoms with van der Waals surface area (Å²) < 4.78 is 1.01. The Morgan fingerprint density at radius 2 is 2.00 bits per heavy atom. The van der Waals surface area contributed by atoms with Crippen molar-refractivity contribution in [3.05, 3.63) is 51.8 Å². The van der Waals surface area contributed by atoms with Crippen LogP contribution < -0.4 is 0 Å². The van der Waals surface area contributed by atoms with Gasteiger partial charge in [-0.1, -0.05) is 47.4 Å². The van der Waals surface area contributed by atoms with E-state index < -0.39 is 0 Å². The fraction of sp³-hybridized carbons (Fsp3) is 0.235. The van der Waals surface area contributed by atoms with Crippen molar-refractivity contribution < 1.29 is 0 Å². The van der Waals surface area contributed by atoms with Gasteiger partial charge in [-0.25, -0.2) is 15.0 Å². The van der Waals surface area contributed by atoms with Crippen molar-refractivity contribution in [3.63, 3.8) is 0 Å². The van der Waals surface area contributed by atoms with E-state index in [0.29, 0.717) is 22.4 Å². The number of halogens is 2. The minimum Gasteiger partial charge on any atom is -0.242 e. The molecule has 22 heavy (non-hydrogen) atoms. The van der Waals surface area contributed by atoms with Gasteiger partial charge in [-0.05, 0) is 36.1 Å². The second kappa shape index (κ2) is 6.31. The highest BCUT2D eigenvalue weighted by Crippen LogP contribution is 2.28. The van der Waals surface area contributed by atoms with E-state index in [4.69, 9.17) is 11.6 Å². The molecule has 0 saturated carbocycles. The molecule has 0 aliphatic rings.